The van der Waals surface area contributed by atoms with Gasteiger partial charge in [0.2, 0.25) is 5.91 Å². The zero-order chi connectivity index (χ0) is 24.4. The molecule has 1 fully saturated rings. The number of nitrogens with zero attached hydrogens (tertiary/aromatic N) is 4. The maximum Gasteiger partial charge on any atom is 0.254 e. The molecule has 2 atom stereocenters. The van der Waals surface area contributed by atoms with Crippen LogP contribution in [0.1, 0.15) is 42.0 Å². The molecular formula is C26H26N6O3. The number of ether oxygens (including phenoxy) is 1. The predicted molar refractivity (Wildman–Crippen MR) is 132 cm³/mol. The minimum atomic E-state index is -0.502. The topological polar surface area (TPSA) is 115 Å². The lowest BCUT2D eigenvalue weighted by molar-refractivity contribution is -0.127. The summed E-state index contributed by atoms with van der Waals surface area (Å²) in [6.07, 6.45) is 14.9. The summed E-state index contributed by atoms with van der Waals surface area (Å²) in [5.41, 5.74) is 8.91. The number of allylic oxidation sites excluding steroid dienone is 3. The van der Waals surface area contributed by atoms with Gasteiger partial charge in [0.15, 0.2) is 6.23 Å². The molecule has 3 aromatic rings. The van der Waals surface area contributed by atoms with E-state index in [0.717, 1.165) is 24.2 Å². The second kappa shape index (κ2) is 9.46. The molecule has 1 aromatic carbocycles. The Kier molecular flexibility index (Phi) is 6.05. The van der Waals surface area contributed by atoms with E-state index >= 15 is 0 Å². The molecule has 9 nitrogen and oxygen atoms in total. The van der Waals surface area contributed by atoms with Gasteiger partial charge in [0.05, 0.1) is 12.3 Å². The van der Waals surface area contributed by atoms with Crippen LogP contribution in [-0.4, -0.2) is 43.9 Å². The van der Waals surface area contributed by atoms with Crippen LogP contribution >= 0.6 is 0 Å². The number of nitrogen functional groups attached to an aromatic ring is 1. The number of benzene rings is 1. The van der Waals surface area contributed by atoms with Crippen LogP contribution in [0, 0.1) is 0 Å². The Balaban J connectivity index is 1.48. The van der Waals surface area contributed by atoms with Gasteiger partial charge in [0.1, 0.15) is 22.9 Å². The van der Waals surface area contributed by atoms with E-state index < -0.39 is 6.23 Å². The van der Waals surface area contributed by atoms with Crippen LogP contribution in [0.15, 0.2) is 73.3 Å². The van der Waals surface area contributed by atoms with Gasteiger partial charge in [-0.25, -0.2) is 9.97 Å². The van der Waals surface area contributed by atoms with Crippen molar-refractivity contribution in [2.45, 2.75) is 32.0 Å². The molecule has 2 aliphatic rings. The number of likely N-dealkylation sites (tertiary alicyclic amines) is 1. The molecule has 2 amide bonds. The largest absolute Gasteiger partial charge is 0.475 e. The molecule has 2 unspecified atom stereocenters. The van der Waals surface area contributed by atoms with Gasteiger partial charge in [-0.3, -0.25) is 14.0 Å². The van der Waals surface area contributed by atoms with Crippen LogP contribution < -0.4 is 11.1 Å². The molecule has 0 spiro atoms. The average molecular weight is 471 g/mol. The molecule has 5 rings (SSSR count). The fourth-order valence-corrected chi connectivity index (χ4v) is 4.52. The third-order valence-electron chi connectivity index (χ3n) is 6.15. The number of carbonyl (C=O) groups excluding carboxylic acids is 2. The minimum Gasteiger partial charge on any atom is -0.475 e. The fourth-order valence-electron chi connectivity index (χ4n) is 4.52. The molecule has 178 valence electrons. The molecule has 4 heterocycles. The number of imidazole rings is 1. The molecule has 3 N–H and O–H groups in total. The quantitative estimate of drug-likeness (QED) is 0.553. The lowest BCUT2D eigenvalue weighted by Crippen LogP contribution is -2.34. The van der Waals surface area contributed by atoms with E-state index in [9.17, 15) is 9.59 Å². The van der Waals surface area contributed by atoms with Crippen molar-refractivity contribution in [1.29, 1.82) is 0 Å². The SMILES string of the molecule is CC=CC(=O)N1CCCC1c1nc(-c2ccc(C(=O)NC3C=CC=CO3)cc2)c2c(N)nccn12. The maximum absolute atomic E-state index is 12.7. The summed E-state index contributed by atoms with van der Waals surface area (Å²) >= 11 is 0. The van der Waals surface area contributed by atoms with Crippen molar-refractivity contribution >= 4 is 23.1 Å². The molecule has 2 aromatic heterocycles. The molecule has 35 heavy (non-hydrogen) atoms. The Hall–Kier alpha value is -4.40. The van der Waals surface area contributed by atoms with Gasteiger partial charge >= 0.3 is 0 Å². The Morgan fingerprint density at radius 1 is 1.23 bits per heavy atom. The predicted octanol–water partition coefficient (Wildman–Crippen LogP) is 3.37. The minimum absolute atomic E-state index is 0.0297. The lowest BCUT2D eigenvalue weighted by Gasteiger charge is -2.22. The van der Waals surface area contributed by atoms with E-state index in [1.807, 2.05) is 40.6 Å². The first-order valence-electron chi connectivity index (χ1n) is 11.5. The summed E-state index contributed by atoms with van der Waals surface area (Å²) in [6.45, 7) is 2.51. The van der Waals surface area contributed by atoms with Crippen molar-refractivity contribution in [2.75, 3.05) is 12.3 Å². The molecule has 0 radical (unpaired) electrons. The zero-order valence-electron chi connectivity index (χ0n) is 19.3. The van der Waals surface area contributed by atoms with Crippen molar-refractivity contribution in [3.05, 3.63) is 84.7 Å². The molecule has 0 saturated carbocycles. The molecule has 0 bridgehead atoms. The normalized spacial score (nSPS) is 19.4. The number of aromatic nitrogens is 3. The smallest absolute Gasteiger partial charge is 0.254 e. The third kappa shape index (κ3) is 4.28. The van der Waals surface area contributed by atoms with Gasteiger partial charge in [-0.15, -0.1) is 0 Å². The number of hydrogen-bond donors (Lipinski definition) is 2. The Morgan fingerprint density at radius 3 is 2.80 bits per heavy atom. The molecule has 9 heteroatoms. The van der Waals surface area contributed by atoms with Gasteiger partial charge in [-0.1, -0.05) is 24.3 Å². The second-order valence-corrected chi connectivity index (χ2v) is 8.36. The van der Waals surface area contributed by atoms with E-state index in [0.29, 0.717) is 29.1 Å². The first-order valence-corrected chi connectivity index (χ1v) is 11.5. The van der Waals surface area contributed by atoms with E-state index in [2.05, 4.69) is 10.3 Å². The highest BCUT2D eigenvalue weighted by Gasteiger charge is 2.33. The number of amides is 2. The summed E-state index contributed by atoms with van der Waals surface area (Å²) in [5.74, 6) is 0.817. The standard InChI is InChI=1S/C26H26N6O3/c1-2-6-21(33)31-14-5-7-19(31)25-30-22(23-24(27)28-13-15-32(23)25)17-9-11-18(12-10-17)26(34)29-20-8-3-4-16-35-20/h2-4,6,8-13,15-16,19-20H,5,7,14H2,1H3,(H2,27,28)(H,29,34). The van der Waals surface area contributed by atoms with Gasteiger partial charge in [0, 0.05) is 30.1 Å². The lowest BCUT2D eigenvalue weighted by atomic mass is 10.1. The zero-order valence-corrected chi connectivity index (χ0v) is 19.3. The Morgan fingerprint density at radius 2 is 2.06 bits per heavy atom. The highest BCUT2D eigenvalue weighted by atomic mass is 16.5. The number of anilines is 1. The summed E-state index contributed by atoms with van der Waals surface area (Å²) in [5, 5.41) is 2.81. The van der Waals surface area contributed by atoms with Crippen LogP contribution in [0.2, 0.25) is 0 Å². The maximum atomic E-state index is 12.7. The van der Waals surface area contributed by atoms with E-state index in [1.54, 1.807) is 42.6 Å². The number of nitrogens with one attached hydrogen (secondary N) is 1. The van der Waals surface area contributed by atoms with Crippen LogP contribution in [-0.2, 0) is 9.53 Å². The van der Waals surface area contributed by atoms with Crippen LogP contribution in [0.3, 0.4) is 0 Å². The number of nitrogens with two attached hydrogens (primary N) is 1. The highest BCUT2D eigenvalue weighted by Crippen LogP contribution is 2.36. The highest BCUT2D eigenvalue weighted by molar-refractivity contribution is 5.95. The molecular weight excluding hydrogens is 444 g/mol. The van der Waals surface area contributed by atoms with Crippen LogP contribution in [0.4, 0.5) is 5.82 Å². The third-order valence-corrected chi connectivity index (χ3v) is 6.15. The van der Waals surface area contributed by atoms with Gasteiger partial charge in [0.25, 0.3) is 5.91 Å². The average Bonchev–Trinajstić information content (AvgIpc) is 3.51. The molecule has 1 saturated heterocycles. The van der Waals surface area contributed by atoms with Crippen LogP contribution in [0.25, 0.3) is 16.8 Å². The van der Waals surface area contributed by atoms with E-state index in [1.165, 1.54) is 6.26 Å². The number of carbonyl (C=O) groups is 2. The summed E-state index contributed by atoms with van der Waals surface area (Å²) in [6, 6.07) is 6.98. The van der Waals surface area contributed by atoms with Crippen LogP contribution in [0.5, 0.6) is 0 Å². The fraction of sp³-hybridized carbons (Fsp3) is 0.231. The Bertz CT molecular complexity index is 1360. The van der Waals surface area contributed by atoms with Crippen molar-refractivity contribution < 1.29 is 14.3 Å². The molecule has 0 aliphatic carbocycles. The van der Waals surface area contributed by atoms with Gasteiger partial charge in [-0.05, 0) is 50.1 Å². The van der Waals surface area contributed by atoms with Crippen molar-refractivity contribution in [1.82, 2.24) is 24.6 Å². The van der Waals surface area contributed by atoms with Crippen molar-refractivity contribution in [3.8, 4) is 11.3 Å². The first-order chi connectivity index (χ1) is 17.1. The summed E-state index contributed by atoms with van der Waals surface area (Å²) in [7, 11) is 0. The monoisotopic (exact) mass is 470 g/mol. The first kappa shape index (κ1) is 22.4. The number of hydrogen-bond acceptors (Lipinski definition) is 6. The van der Waals surface area contributed by atoms with Gasteiger partial charge < -0.3 is 20.7 Å². The van der Waals surface area contributed by atoms with E-state index in [4.69, 9.17) is 15.5 Å². The second-order valence-electron chi connectivity index (χ2n) is 8.36. The Labute approximate surface area is 202 Å². The van der Waals surface area contributed by atoms with Gasteiger partial charge in [-0.2, -0.15) is 0 Å². The van der Waals surface area contributed by atoms with Crippen molar-refractivity contribution in [3.63, 3.8) is 0 Å². The number of rotatable bonds is 5. The molecule has 2 aliphatic heterocycles. The van der Waals surface area contributed by atoms with E-state index in [-0.39, 0.29) is 17.9 Å². The number of fused-ring (bicyclic) bond motifs is 1. The summed E-state index contributed by atoms with van der Waals surface area (Å²) in [4.78, 5) is 36.3. The summed E-state index contributed by atoms with van der Waals surface area (Å²) < 4.78 is 7.27. The van der Waals surface area contributed by atoms with Crippen molar-refractivity contribution in [2.24, 2.45) is 0 Å².